The van der Waals surface area contributed by atoms with Crippen molar-refractivity contribution in [2.45, 2.75) is 6.42 Å². The summed E-state index contributed by atoms with van der Waals surface area (Å²) in [6.45, 7) is 0.469. The van der Waals surface area contributed by atoms with Gasteiger partial charge in [0.1, 0.15) is 5.58 Å². The molecule has 0 aliphatic rings. The molecular weight excluding hydrogens is 321 g/mol. The molecule has 2 aromatic carbocycles. The Morgan fingerprint density at radius 2 is 1.91 bits per heavy atom. The van der Waals surface area contributed by atoms with E-state index < -0.39 is 0 Å². The van der Waals surface area contributed by atoms with Gasteiger partial charge in [-0.2, -0.15) is 0 Å². The Morgan fingerprint density at radius 1 is 1.09 bits per heavy atom. The van der Waals surface area contributed by atoms with Crippen LogP contribution in [0.3, 0.4) is 0 Å². The Bertz CT molecular complexity index is 793. The van der Waals surface area contributed by atoms with E-state index in [1.807, 2.05) is 30.3 Å². The van der Waals surface area contributed by atoms with Crippen LogP contribution >= 0.6 is 23.2 Å². The molecule has 1 amide bonds. The van der Waals surface area contributed by atoms with Crippen LogP contribution in [-0.2, 0) is 6.42 Å². The maximum atomic E-state index is 12.1. The first-order valence-corrected chi connectivity index (χ1v) is 7.60. The van der Waals surface area contributed by atoms with E-state index in [4.69, 9.17) is 27.6 Å². The first kappa shape index (κ1) is 14.9. The molecule has 0 atom stereocenters. The molecule has 0 bridgehead atoms. The second-order valence-corrected chi connectivity index (χ2v) is 5.73. The van der Waals surface area contributed by atoms with Crippen LogP contribution in [0.2, 0.25) is 10.0 Å². The first-order chi connectivity index (χ1) is 10.6. The second kappa shape index (κ2) is 6.42. The minimum Gasteiger partial charge on any atom is -0.451 e. The summed E-state index contributed by atoms with van der Waals surface area (Å²) in [5.74, 6) is 0.0738. The van der Waals surface area contributed by atoms with Gasteiger partial charge >= 0.3 is 0 Å². The molecule has 22 heavy (non-hydrogen) atoms. The third kappa shape index (κ3) is 3.26. The van der Waals surface area contributed by atoms with E-state index >= 15 is 0 Å². The van der Waals surface area contributed by atoms with Gasteiger partial charge < -0.3 is 9.73 Å². The molecule has 1 N–H and O–H groups in total. The molecule has 5 heteroatoms. The lowest BCUT2D eigenvalue weighted by Gasteiger charge is -2.06. The van der Waals surface area contributed by atoms with Crippen molar-refractivity contribution in [1.82, 2.24) is 5.32 Å². The second-order valence-electron chi connectivity index (χ2n) is 4.89. The number of nitrogens with one attached hydrogen (secondary N) is 1. The quantitative estimate of drug-likeness (QED) is 0.751. The molecule has 0 fully saturated rings. The van der Waals surface area contributed by atoms with Crippen molar-refractivity contribution in [1.29, 1.82) is 0 Å². The van der Waals surface area contributed by atoms with E-state index in [2.05, 4.69) is 5.32 Å². The SMILES string of the molecule is O=C(NCCc1ccc(Cl)cc1Cl)c1cc2ccccc2o1. The van der Waals surface area contributed by atoms with Crippen molar-refractivity contribution in [3.63, 3.8) is 0 Å². The van der Waals surface area contributed by atoms with Gasteiger partial charge in [0.15, 0.2) is 5.76 Å². The van der Waals surface area contributed by atoms with Crippen molar-refractivity contribution in [3.8, 4) is 0 Å². The summed E-state index contributed by atoms with van der Waals surface area (Å²) in [6, 6.07) is 14.6. The van der Waals surface area contributed by atoms with Gasteiger partial charge in [0.25, 0.3) is 5.91 Å². The van der Waals surface area contributed by atoms with Gasteiger partial charge in [0, 0.05) is 22.0 Å². The number of benzene rings is 2. The lowest BCUT2D eigenvalue weighted by Crippen LogP contribution is -2.25. The average molecular weight is 334 g/mol. The molecule has 0 aliphatic carbocycles. The number of carbonyl (C=O) groups excluding carboxylic acids is 1. The van der Waals surface area contributed by atoms with Crippen molar-refractivity contribution >= 4 is 40.1 Å². The summed E-state index contributed by atoms with van der Waals surface area (Å²) in [6.07, 6.45) is 0.627. The van der Waals surface area contributed by atoms with Crippen LogP contribution in [0.25, 0.3) is 11.0 Å². The molecule has 112 valence electrons. The van der Waals surface area contributed by atoms with Crippen molar-refractivity contribution < 1.29 is 9.21 Å². The van der Waals surface area contributed by atoms with Crippen molar-refractivity contribution in [3.05, 3.63) is 69.9 Å². The monoisotopic (exact) mass is 333 g/mol. The fourth-order valence-electron chi connectivity index (χ4n) is 2.22. The highest BCUT2D eigenvalue weighted by Crippen LogP contribution is 2.21. The summed E-state index contributed by atoms with van der Waals surface area (Å²) in [5, 5.41) is 4.94. The number of hydrogen-bond donors (Lipinski definition) is 1. The summed E-state index contributed by atoms with van der Waals surface area (Å²) in [4.78, 5) is 12.1. The molecule has 0 radical (unpaired) electrons. The van der Waals surface area contributed by atoms with E-state index in [1.54, 1.807) is 18.2 Å². The zero-order valence-corrected chi connectivity index (χ0v) is 13.1. The minimum atomic E-state index is -0.235. The molecule has 3 aromatic rings. The normalized spacial score (nSPS) is 10.8. The van der Waals surface area contributed by atoms with Crippen LogP contribution in [0.15, 0.2) is 52.9 Å². The maximum absolute atomic E-state index is 12.1. The Hall–Kier alpha value is -1.97. The molecule has 3 nitrogen and oxygen atoms in total. The van der Waals surface area contributed by atoms with E-state index in [0.717, 1.165) is 10.9 Å². The predicted octanol–water partition coefficient (Wildman–Crippen LogP) is 4.71. The van der Waals surface area contributed by atoms with Crippen LogP contribution in [0.1, 0.15) is 16.1 Å². The highest BCUT2D eigenvalue weighted by Gasteiger charge is 2.11. The highest BCUT2D eigenvalue weighted by molar-refractivity contribution is 6.35. The molecule has 3 rings (SSSR count). The number of rotatable bonds is 4. The number of carbonyl (C=O) groups is 1. The highest BCUT2D eigenvalue weighted by atomic mass is 35.5. The largest absolute Gasteiger partial charge is 0.451 e. The fourth-order valence-corrected chi connectivity index (χ4v) is 2.72. The maximum Gasteiger partial charge on any atom is 0.287 e. The van der Waals surface area contributed by atoms with Crippen molar-refractivity contribution in [2.75, 3.05) is 6.54 Å². The van der Waals surface area contributed by atoms with Crippen LogP contribution in [0.5, 0.6) is 0 Å². The van der Waals surface area contributed by atoms with Crippen LogP contribution in [-0.4, -0.2) is 12.5 Å². The topological polar surface area (TPSA) is 42.2 Å². The Morgan fingerprint density at radius 3 is 2.68 bits per heavy atom. The number of amides is 1. The van der Waals surface area contributed by atoms with Crippen LogP contribution in [0, 0.1) is 0 Å². The number of furan rings is 1. The molecule has 0 unspecified atom stereocenters. The molecule has 0 saturated carbocycles. The van der Waals surface area contributed by atoms with Crippen LogP contribution in [0.4, 0.5) is 0 Å². The first-order valence-electron chi connectivity index (χ1n) is 6.84. The van der Waals surface area contributed by atoms with Gasteiger partial charge in [0.05, 0.1) is 0 Å². The number of para-hydroxylation sites is 1. The molecule has 0 aliphatic heterocycles. The van der Waals surface area contributed by atoms with Gasteiger partial charge in [-0.25, -0.2) is 0 Å². The standard InChI is InChI=1S/C17H13Cl2NO2/c18-13-6-5-11(14(19)10-13)7-8-20-17(21)16-9-12-3-1-2-4-15(12)22-16/h1-6,9-10H,7-8H2,(H,20,21). The van der Waals surface area contributed by atoms with E-state index in [0.29, 0.717) is 34.4 Å². The molecule has 1 aromatic heterocycles. The molecule has 1 heterocycles. The molecular formula is C17H13Cl2NO2. The third-order valence-corrected chi connectivity index (χ3v) is 3.93. The van der Waals surface area contributed by atoms with Gasteiger partial charge in [0.2, 0.25) is 0 Å². The summed E-state index contributed by atoms with van der Waals surface area (Å²) >= 11 is 12.0. The lowest BCUT2D eigenvalue weighted by molar-refractivity contribution is 0.0928. The molecule has 0 spiro atoms. The van der Waals surface area contributed by atoms with Crippen LogP contribution < -0.4 is 5.32 Å². The zero-order chi connectivity index (χ0) is 15.5. The van der Waals surface area contributed by atoms with Gasteiger partial charge in [-0.1, -0.05) is 47.5 Å². The summed E-state index contributed by atoms with van der Waals surface area (Å²) < 4.78 is 5.52. The van der Waals surface area contributed by atoms with E-state index in [9.17, 15) is 4.79 Å². The van der Waals surface area contributed by atoms with E-state index in [1.165, 1.54) is 0 Å². The van der Waals surface area contributed by atoms with Crippen molar-refractivity contribution in [2.24, 2.45) is 0 Å². The Kier molecular flexibility index (Phi) is 4.36. The van der Waals surface area contributed by atoms with Gasteiger partial charge in [-0.15, -0.1) is 0 Å². The van der Waals surface area contributed by atoms with Gasteiger partial charge in [-0.3, -0.25) is 4.79 Å². The molecule has 0 saturated heterocycles. The fraction of sp³-hybridized carbons (Fsp3) is 0.118. The number of hydrogen-bond acceptors (Lipinski definition) is 2. The number of fused-ring (bicyclic) bond motifs is 1. The lowest BCUT2D eigenvalue weighted by atomic mass is 10.1. The Labute approximate surface area is 137 Å². The third-order valence-electron chi connectivity index (χ3n) is 3.34. The smallest absolute Gasteiger partial charge is 0.287 e. The summed E-state index contributed by atoms with van der Waals surface area (Å²) in [7, 11) is 0. The average Bonchev–Trinajstić information content (AvgIpc) is 2.93. The minimum absolute atomic E-state index is 0.235. The zero-order valence-electron chi connectivity index (χ0n) is 11.6. The number of halogens is 2. The Balaban J connectivity index is 1.62. The van der Waals surface area contributed by atoms with Gasteiger partial charge in [-0.05, 0) is 36.2 Å². The predicted molar refractivity (Wildman–Crippen MR) is 88.7 cm³/mol. The van der Waals surface area contributed by atoms with E-state index in [-0.39, 0.29) is 5.91 Å². The summed E-state index contributed by atoms with van der Waals surface area (Å²) in [5.41, 5.74) is 1.64.